The molecule has 132 valence electrons. The summed E-state index contributed by atoms with van der Waals surface area (Å²) in [4.78, 5) is 17.6. The van der Waals surface area contributed by atoms with Gasteiger partial charge in [0.2, 0.25) is 0 Å². The Bertz CT molecular complexity index is 946. The number of halogens is 1. The zero-order chi connectivity index (χ0) is 18.5. The number of carbonyl (C=O) groups excluding carboxylic acids is 1. The molecule has 1 heterocycles. The van der Waals surface area contributed by atoms with Crippen LogP contribution in [0.2, 0.25) is 5.02 Å². The fraction of sp³-hybridized carbons (Fsp3) is 0.100. The van der Waals surface area contributed by atoms with Gasteiger partial charge in [-0.1, -0.05) is 23.7 Å². The summed E-state index contributed by atoms with van der Waals surface area (Å²) in [6, 6.07) is 16.7. The molecule has 4 nitrogen and oxygen atoms in total. The van der Waals surface area contributed by atoms with E-state index in [4.69, 9.17) is 17.3 Å². The van der Waals surface area contributed by atoms with Crippen molar-refractivity contribution in [2.24, 2.45) is 0 Å². The van der Waals surface area contributed by atoms with Crippen LogP contribution >= 0.6 is 23.4 Å². The summed E-state index contributed by atoms with van der Waals surface area (Å²) in [5.74, 6) is 1.05. The third kappa shape index (κ3) is 4.56. The highest BCUT2D eigenvalue weighted by Gasteiger charge is 2.12. The number of hydrogen-bond donors (Lipinski definition) is 2. The Kier molecular flexibility index (Phi) is 5.81. The number of aryl methyl sites for hydroxylation is 1. The molecule has 1 amide bonds. The Balaban J connectivity index is 1.75. The van der Waals surface area contributed by atoms with E-state index in [9.17, 15) is 4.79 Å². The lowest BCUT2D eigenvalue weighted by atomic mass is 10.2. The van der Waals surface area contributed by atoms with Crippen LogP contribution in [0.5, 0.6) is 0 Å². The molecular weight excluding hydrogens is 366 g/mol. The number of benzene rings is 2. The zero-order valence-electron chi connectivity index (χ0n) is 14.2. The highest BCUT2D eigenvalue weighted by Crippen LogP contribution is 2.27. The van der Waals surface area contributed by atoms with Crippen LogP contribution in [0.4, 0.5) is 11.5 Å². The van der Waals surface area contributed by atoms with E-state index in [1.54, 1.807) is 30.1 Å². The van der Waals surface area contributed by atoms with Gasteiger partial charge in [-0.25, -0.2) is 4.98 Å². The topological polar surface area (TPSA) is 68.0 Å². The first kappa shape index (κ1) is 18.3. The normalized spacial score (nSPS) is 10.5. The summed E-state index contributed by atoms with van der Waals surface area (Å²) in [6.45, 7) is 1.90. The average Bonchev–Trinajstić information content (AvgIpc) is 2.63. The van der Waals surface area contributed by atoms with Gasteiger partial charge in [0, 0.05) is 27.6 Å². The summed E-state index contributed by atoms with van der Waals surface area (Å²) >= 11 is 7.63. The van der Waals surface area contributed by atoms with Crippen LogP contribution in [0.3, 0.4) is 0 Å². The number of nitrogens with two attached hydrogens (primary N) is 1. The number of anilines is 2. The molecule has 1 aromatic heterocycles. The van der Waals surface area contributed by atoms with Crippen LogP contribution in [0.1, 0.15) is 21.5 Å². The summed E-state index contributed by atoms with van der Waals surface area (Å²) in [5.41, 5.74) is 9.05. The van der Waals surface area contributed by atoms with Gasteiger partial charge in [-0.15, -0.1) is 11.8 Å². The molecule has 3 aromatic rings. The van der Waals surface area contributed by atoms with Crippen molar-refractivity contribution in [3.63, 3.8) is 0 Å². The number of thioether (sulfide) groups is 1. The van der Waals surface area contributed by atoms with Crippen LogP contribution < -0.4 is 11.1 Å². The molecule has 0 atom stereocenters. The molecular formula is C20H18ClN3OS. The van der Waals surface area contributed by atoms with Crippen molar-refractivity contribution >= 4 is 40.8 Å². The predicted molar refractivity (Wildman–Crippen MR) is 109 cm³/mol. The molecule has 0 fully saturated rings. The number of amides is 1. The smallest absolute Gasteiger partial charge is 0.256 e. The van der Waals surface area contributed by atoms with Crippen molar-refractivity contribution in [3.05, 3.63) is 82.5 Å². The second-order valence-electron chi connectivity index (χ2n) is 5.79. The second kappa shape index (κ2) is 8.25. The number of nitrogen functional groups attached to an aromatic ring is 1. The lowest BCUT2D eigenvalue weighted by Gasteiger charge is -2.11. The van der Waals surface area contributed by atoms with E-state index in [1.807, 2.05) is 49.4 Å². The van der Waals surface area contributed by atoms with Crippen LogP contribution in [-0.2, 0) is 5.75 Å². The van der Waals surface area contributed by atoms with Gasteiger partial charge < -0.3 is 11.1 Å². The second-order valence-corrected chi connectivity index (χ2v) is 7.22. The molecule has 0 aliphatic rings. The quantitative estimate of drug-likeness (QED) is 0.596. The molecule has 0 radical (unpaired) electrons. The van der Waals surface area contributed by atoms with Crippen molar-refractivity contribution in [1.82, 2.24) is 4.98 Å². The van der Waals surface area contributed by atoms with Crippen LogP contribution in [0, 0.1) is 6.92 Å². The molecule has 3 rings (SSSR count). The maximum absolute atomic E-state index is 12.7. The average molecular weight is 384 g/mol. The van der Waals surface area contributed by atoms with Crippen molar-refractivity contribution in [3.8, 4) is 0 Å². The molecule has 0 unspecified atom stereocenters. The monoisotopic (exact) mass is 383 g/mol. The maximum Gasteiger partial charge on any atom is 0.256 e. The first-order valence-corrected chi connectivity index (χ1v) is 9.39. The van der Waals surface area contributed by atoms with Crippen molar-refractivity contribution in [2.45, 2.75) is 17.6 Å². The van der Waals surface area contributed by atoms with E-state index >= 15 is 0 Å². The fourth-order valence-corrected chi connectivity index (χ4v) is 3.56. The van der Waals surface area contributed by atoms with Gasteiger partial charge in [0.1, 0.15) is 5.82 Å². The first-order chi connectivity index (χ1) is 12.5. The van der Waals surface area contributed by atoms with E-state index in [0.717, 1.165) is 21.7 Å². The summed E-state index contributed by atoms with van der Waals surface area (Å²) in [7, 11) is 0. The summed E-state index contributed by atoms with van der Waals surface area (Å²) < 4.78 is 0. The number of carbonyl (C=O) groups is 1. The Hall–Kier alpha value is -2.50. The van der Waals surface area contributed by atoms with Gasteiger partial charge in [-0.2, -0.15) is 0 Å². The molecule has 2 aromatic carbocycles. The highest BCUT2D eigenvalue weighted by atomic mass is 35.5. The van der Waals surface area contributed by atoms with Crippen molar-refractivity contribution in [2.75, 3.05) is 11.1 Å². The minimum absolute atomic E-state index is 0.149. The Morgan fingerprint density at radius 1 is 1.19 bits per heavy atom. The maximum atomic E-state index is 12.7. The van der Waals surface area contributed by atoms with Gasteiger partial charge in [0.05, 0.1) is 5.56 Å². The first-order valence-electron chi connectivity index (χ1n) is 8.02. The number of nitrogens with one attached hydrogen (secondary N) is 1. The molecule has 0 saturated heterocycles. The predicted octanol–water partition coefficient (Wildman–Crippen LogP) is 5.17. The highest BCUT2D eigenvalue weighted by molar-refractivity contribution is 7.98. The van der Waals surface area contributed by atoms with Gasteiger partial charge in [0.15, 0.2) is 0 Å². The minimum Gasteiger partial charge on any atom is -0.384 e. The molecule has 0 aliphatic carbocycles. The molecule has 26 heavy (non-hydrogen) atoms. The molecule has 0 spiro atoms. The van der Waals surface area contributed by atoms with Gasteiger partial charge in [0.25, 0.3) is 5.91 Å². The van der Waals surface area contributed by atoms with Gasteiger partial charge >= 0.3 is 0 Å². The number of hydrogen-bond acceptors (Lipinski definition) is 4. The number of rotatable bonds is 5. The van der Waals surface area contributed by atoms with Crippen molar-refractivity contribution < 1.29 is 4.79 Å². The Labute approximate surface area is 161 Å². The molecule has 3 N–H and O–H groups in total. The molecule has 0 bridgehead atoms. The fourth-order valence-electron chi connectivity index (χ4n) is 2.45. The van der Waals surface area contributed by atoms with Gasteiger partial charge in [-0.3, -0.25) is 4.79 Å². The van der Waals surface area contributed by atoms with Crippen molar-refractivity contribution in [1.29, 1.82) is 0 Å². The molecule has 0 aliphatic heterocycles. The minimum atomic E-state index is -0.149. The Morgan fingerprint density at radius 3 is 2.77 bits per heavy atom. The standard InChI is InChI=1S/C20H18ClN3OS/c1-13-10-15(6-7-17(13)21)24-20(25)16-4-2-3-5-18(16)26-12-14-8-9-23-19(22)11-14/h2-11H,12H2,1H3,(H2,22,23)(H,24,25). The third-order valence-electron chi connectivity index (χ3n) is 3.79. The SMILES string of the molecule is Cc1cc(NC(=O)c2ccccc2SCc2ccnc(N)c2)ccc1Cl. The van der Waals surface area contributed by atoms with E-state index in [-0.39, 0.29) is 5.91 Å². The number of aromatic nitrogens is 1. The summed E-state index contributed by atoms with van der Waals surface area (Å²) in [6.07, 6.45) is 1.69. The van der Waals surface area contributed by atoms with Crippen LogP contribution in [-0.4, -0.2) is 10.9 Å². The van der Waals surface area contributed by atoms with E-state index in [0.29, 0.717) is 22.2 Å². The van der Waals surface area contributed by atoms with E-state index in [1.165, 1.54) is 0 Å². The molecule has 0 saturated carbocycles. The van der Waals surface area contributed by atoms with E-state index in [2.05, 4.69) is 10.3 Å². The lowest BCUT2D eigenvalue weighted by Crippen LogP contribution is -2.13. The lowest BCUT2D eigenvalue weighted by molar-refractivity contribution is 0.102. The number of pyridine rings is 1. The van der Waals surface area contributed by atoms with Gasteiger partial charge in [-0.05, 0) is 60.5 Å². The Morgan fingerprint density at radius 2 is 2.00 bits per heavy atom. The van der Waals surface area contributed by atoms with E-state index < -0.39 is 0 Å². The van der Waals surface area contributed by atoms with Crippen LogP contribution in [0.15, 0.2) is 65.7 Å². The number of nitrogens with zero attached hydrogens (tertiary/aromatic N) is 1. The molecule has 6 heteroatoms. The third-order valence-corrected chi connectivity index (χ3v) is 5.36. The largest absolute Gasteiger partial charge is 0.384 e. The summed E-state index contributed by atoms with van der Waals surface area (Å²) in [5, 5.41) is 3.61. The van der Waals surface area contributed by atoms with Crippen LogP contribution in [0.25, 0.3) is 0 Å². The zero-order valence-corrected chi connectivity index (χ0v) is 15.8.